The van der Waals surface area contributed by atoms with E-state index < -0.39 is 11.9 Å². The summed E-state index contributed by atoms with van der Waals surface area (Å²) in [4.78, 5) is 0. The summed E-state index contributed by atoms with van der Waals surface area (Å²) in [6.45, 7) is 0.344. The molecule has 3 aromatic rings. The van der Waals surface area contributed by atoms with Crippen molar-refractivity contribution >= 4 is 11.6 Å². The highest BCUT2D eigenvalue weighted by atomic mass is 35.5. The molecule has 0 aliphatic carbocycles. The standard InChI is InChI=1S/C18H14ClF3N2O/c1-24-10-15(17(23-24)18(20,21)22)14-8-7-13(9-16(14)19)25-11-12-5-3-2-4-6-12/h2-10H,11H2,1H3. The lowest BCUT2D eigenvalue weighted by Gasteiger charge is -2.10. The van der Waals surface area contributed by atoms with E-state index >= 15 is 0 Å². The summed E-state index contributed by atoms with van der Waals surface area (Å²) in [5, 5.41) is 3.67. The van der Waals surface area contributed by atoms with Crippen molar-refractivity contribution in [3.63, 3.8) is 0 Å². The maximum absolute atomic E-state index is 13.1. The van der Waals surface area contributed by atoms with Crippen molar-refractivity contribution in [2.24, 2.45) is 7.05 Å². The third-order valence-electron chi connectivity index (χ3n) is 3.58. The van der Waals surface area contributed by atoms with Crippen LogP contribution in [0.4, 0.5) is 13.2 Å². The summed E-state index contributed by atoms with van der Waals surface area (Å²) in [6, 6.07) is 14.1. The average Bonchev–Trinajstić information content (AvgIpc) is 2.96. The predicted octanol–water partition coefficient (Wildman–Crippen LogP) is 5.34. The molecule has 0 amide bonds. The number of halogens is 4. The summed E-state index contributed by atoms with van der Waals surface area (Å²) in [5.74, 6) is 0.482. The molecule has 0 aliphatic rings. The molecule has 7 heteroatoms. The molecule has 0 atom stereocenters. The third kappa shape index (κ3) is 3.96. The Bertz CT molecular complexity index is 876. The van der Waals surface area contributed by atoms with E-state index in [2.05, 4.69) is 5.10 Å². The van der Waals surface area contributed by atoms with Crippen LogP contribution in [0.2, 0.25) is 5.02 Å². The smallest absolute Gasteiger partial charge is 0.435 e. The van der Waals surface area contributed by atoms with Gasteiger partial charge >= 0.3 is 6.18 Å². The summed E-state index contributed by atoms with van der Waals surface area (Å²) in [5.41, 5.74) is 0.216. The second kappa shape index (κ2) is 6.80. The van der Waals surface area contributed by atoms with E-state index in [4.69, 9.17) is 16.3 Å². The molecular weight excluding hydrogens is 353 g/mol. The minimum atomic E-state index is -4.55. The fourth-order valence-electron chi connectivity index (χ4n) is 2.44. The van der Waals surface area contributed by atoms with Gasteiger partial charge in [0.05, 0.1) is 5.02 Å². The van der Waals surface area contributed by atoms with Crippen LogP contribution in [0.25, 0.3) is 11.1 Å². The molecule has 0 bridgehead atoms. The Labute approximate surface area is 147 Å². The zero-order valence-corrected chi connectivity index (χ0v) is 14.0. The van der Waals surface area contributed by atoms with Gasteiger partial charge in [0, 0.05) is 24.4 Å². The van der Waals surface area contributed by atoms with Crippen molar-refractivity contribution in [3.8, 4) is 16.9 Å². The van der Waals surface area contributed by atoms with Gasteiger partial charge in [0.1, 0.15) is 12.4 Å². The van der Waals surface area contributed by atoms with Crippen molar-refractivity contribution in [3.05, 3.63) is 71.0 Å². The topological polar surface area (TPSA) is 27.1 Å². The molecule has 0 aliphatic heterocycles. The Hall–Kier alpha value is -2.47. The normalized spacial score (nSPS) is 11.6. The van der Waals surface area contributed by atoms with Crippen molar-refractivity contribution in [1.82, 2.24) is 9.78 Å². The van der Waals surface area contributed by atoms with Crippen molar-refractivity contribution in [2.75, 3.05) is 0 Å². The highest BCUT2D eigenvalue weighted by Crippen LogP contribution is 2.39. The second-order valence-corrected chi connectivity index (χ2v) is 5.89. The maximum Gasteiger partial charge on any atom is 0.435 e. The van der Waals surface area contributed by atoms with Gasteiger partial charge in [0.25, 0.3) is 0 Å². The van der Waals surface area contributed by atoms with Gasteiger partial charge in [-0.2, -0.15) is 18.3 Å². The first-order valence-corrected chi connectivity index (χ1v) is 7.80. The van der Waals surface area contributed by atoms with Gasteiger partial charge in [0.2, 0.25) is 0 Å². The van der Waals surface area contributed by atoms with Crippen LogP contribution in [-0.4, -0.2) is 9.78 Å². The van der Waals surface area contributed by atoms with Crippen LogP contribution in [-0.2, 0) is 19.8 Å². The van der Waals surface area contributed by atoms with Gasteiger partial charge in [0.15, 0.2) is 5.69 Å². The first-order chi connectivity index (χ1) is 11.8. The molecule has 0 radical (unpaired) electrons. The summed E-state index contributed by atoms with van der Waals surface area (Å²) >= 11 is 6.19. The largest absolute Gasteiger partial charge is 0.489 e. The van der Waals surface area contributed by atoms with Gasteiger partial charge in [-0.1, -0.05) is 41.9 Å². The molecule has 3 rings (SSSR count). The Morgan fingerprint density at radius 1 is 1.08 bits per heavy atom. The number of hydrogen-bond acceptors (Lipinski definition) is 2. The SMILES string of the molecule is Cn1cc(-c2ccc(OCc3ccccc3)cc2Cl)c(C(F)(F)F)n1. The van der Waals surface area contributed by atoms with E-state index in [0.717, 1.165) is 10.2 Å². The molecule has 0 fully saturated rings. The minimum absolute atomic E-state index is 0.0605. The van der Waals surface area contributed by atoms with Gasteiger partial charge in [-0.15, -0.1) is 0 Å². The van der Waals surface area contributed by atoms with E-state index in [1.165, 1.54) is 25.4 Å². The van der Waals surface area contributed by atoms with E-state index in [1.807, 2.05) is 30.3 Å². The van der Waals surface area contributed by atoms with Crippen LogP contribution in [0.5, 0.6) is 5.75 Å². The molecular formula is C18H14ClF3N2O. The lowest BCUT2D eigenvalue weighted by Crippen LogP contribution is -2.08. The molecule has 0 unspecified atom stereocenters. The molecule has 3 nitrogen and oxygen atoms in total. The first-order valence-electron chi connectivity index (χ1n) is 7.42. The maximum atomic E-state index is 13.1. The predicted molar refractivity (Wildman–Crippen MR) is 89.4 cm³/mol. The second-order valence-electron chi connectivity index (χ2n) is 5.48. The Balaban J connectivity index is 1.86. The third-order valence-corrected chi connectivity index (χ3v) is 3.89. The quantitative estimate of drug-likeness (QED) is 0.623. The van der Waals surface area contributed by atoms with Gasteiger partial charge in [-0.05, 0) is 23.8 Å². The Morgan fingerprint density at radius 3 is 2.44 bits per heavy atom. The molecule has 0 N–H and O–H groups in total. The van der Waals surface area contributed by atoms with Gasteiger partial charge < -0.3 is 4.74 Å². The first kappa shape index (κ1) is 17.4. The highest BCUT2D eigenvalue weighted by Gasteiger charge is 2.37. The van der Waals surface area contributed by atoms with Crippen LogP contribution in [0.1, 0.15) is 11.3 Å². The van der Waals surface area contributed by atoms with Crippen molar-refractivity contribution < 1.29 is 17.9 Å². The van der Waals surface area contributed by atoms with Crippen molar-refractivity contribution in [1.29, 1.82) is 0 Å². The number of aromatic nitrogens is 2. The number of ether oxygens (including phenoxy) is 1. The van der Waals surface area contributed by atoms with E-state index in [0.29, 0.717) is 12.4 Å². The number of alkyl halides is 3. The highest BCUT2D eigenvalue weighted by molar-refractivity contribution is 6.33. The molecule has 0 saturated carbocycles. The van der Waals surface area contributed by atoms with Gasteiger partial charge in [-0.25, -0.2) is 0 Å². The van der Waals surface area contributed by atoms with E-state index in [9.17, 15) is 13.2 Å². The molecule has 0 saturated heterocycles. The fraction of sp³-hybridized carbons (Fsp3) is 0.167. The summed E-state index contributed by atoms with van der Waals surface area (Å²) in [6.07, 6.45) is -3.25. The van der Waals surface area contributed by atoms with Crippen molar-refractivity contribution in [2.45, 2.75) is 12.8 Å². The Kier molecular flexibility index (Phi) is 4.72. The van der Waals surface area contributed by atoms with E-state index in [-0.39, 0.29) is 16.1 Å². The Morgan fingerprint density at radius 2 is 1.80 bits per heavy atom. The van der Waals surface area contributed by atoms with Gasteiger partial charge in [-0.3, -0.25) is 4.68 Å². The molecule has 1 aromatic heterocycles. The minimum Gasteiger partial charge on any atom is -0.489 e. The molecule has 130 valence electrons. The van der Waals surface area contributed by atoms with Crippen LogP contribution in [0, 0.1) is 0 Å². The lowest BCUT2D eigenvalue weighted by atomic mass is 10.1. The monoisotopic (exact) mass is 366 g/mol. The number of benzene rings is 2. The van der Waals surface area contributed by atoms with E-state index in [1.54, 1.807) is 6.07 Å². The number of nitrogens with zero attached hydrogens (tertiary/aromatic N) is 2. The number of aryl methyl sites for hydroxylation is 1. The molecule has 1 heterocycles. The van der Waals surface area contributed by atoms with Crippen LogP contribution < -0.4 is 4.74 Å². The summed E-state index contributed by atoms with van der Waals surface area (Å²) < 4.78 is 46.1. The van der Waals surface area contributed by atoms with Crippen LogP contribution in [0.3, 0.4) is 0 Å². The number of rotatable bonds is 4. The zero-order valence-electron chi connectivity index (χ0n) is 13.2. The molecule has 0 spiro atoms. The summed E-state index contributed by atoms with van der Waals surface area (Å²) in [7, 11) is 1.43. The van der Waals surface area contributed by atoms with Crippen LogP contribution in [0.15, 0.2) is 54.7 Å². The molecule has 2 aromatic carbocycles. The lowest BCUT2D eigenvalue weighted by molar-refractivity contribution is -0.140. The fourth-order valence-corrected chi connectivity index (χ4v) is 2.71. The zero-order chi connectivity index (χ0) is 18.0. The van der Waals surface area contributed by atoms with Crippen LogP contribution >= 0.6 is 11.6 Å². The average molecular weight is 367 g/mol. The molecule has 25 heavy (non-hydrogen) atoms. The number of hydrogen-bond donors (Lipinski definition) is 0.